The van der Waals surface area contributed by atoms with Crippen molar-refractivity contribution in [3.05, 3.63) is 72.8 Å². The molecule has 2 atom stereocenters. The number of ether oxygens (including phenoxy) is 2. The molecule has 3 rings (SSSR count). The van der Waals surface area contributed by atoms with Gasteiger partial charge in [-0.05, 0) is 0 Å². The van der Waals surface area contributed by atoms with Gasteiger partial charge in [-0.15, -0.1) is 0 Å². The molecule has 22 heavy (non-hydrogen) atoms. The van der Waals surface area contributed by atoms with Crippen molar-refractivity contribution in [1.29, 1.82) is 0 Å². The van der Waals surface area contributed by atoms with E-state index in [4.69, 9.17) is 9.47 Å². The van der Waals surface area contributed by atoms with Crippen LogP contribution >= 0.6 is 0 Å². The minimum atomic E-state index is 0.799. The predicted octanol–water partition coefficient (Wildman–Crippen LogP) is 1.79. The van der Waals surface area contributed by atoms with Crippen LogP contribution in [0.1, 0.15) is 0 Å². The Balaban J connectivity index is 1.67. The fourth-order valence-electron chi connectivity index (χ4n) is 1.92. The van der Waals surface area contributed by atoms with Crippen LogP contribution in [0.5, 0.6) is 23.0 Å². The first kappa shape index (κ1) is 15.3. The maximum absolute atomic E-state index is 5.81. The summed E-state index contributed by atoms with van der Waals surface area (Å²) < 4.78 is 14.2. The molecule has 4 heteroatoms. The van der Waals surface area contributed by atoms with E-state index >= 15 is 0 Å². The van der Waals surface area contributed by atoms with Gasteiger partial charge in [0.2, 0.25) is 0 Å². The van der Waals surface area contributed by atoms with Gasteiger partial charge in [-0.25, -0.2) is 0 Å². The molecule has 0 radical (unpaired) electrons. The molecule has 0 fully saturated rings. The van der Waals surface area contributed by atoms with Crippen molar-refractivity contribution in [3.8, 4) is 23.0 Å². The van der Waals surface area contributed by atoms with Crippen LogP contribution in [-0.2, 0) is 0 Å². The van der Waals surface area contributed by atoms with E-state index in [-0.39, 0.29) is 0 Å². The number of hydrogen-bond acceptors (Lipinski definition) is 2. The molecular formula is C18H16As2O2. The maximum atomic E-state index is 5.81. The zero-order chi connectivity index (χ0) is 15.4. The van der Waals surface area contributed by atoms with E-state index < -0.39 is 0 Å². The first-order chi connectivity index (χ1) is 10.7. The quantitative estimate of drug-likeness (QED) is 0.607. The van der Waals surface area contributed by atoms with Gasteiger partial charge in [-0.2, -0.15) is 0 Å². The van der Waals surface area contributed by atoms with Crippen LogP contribution in [0.2, 0.25) is 0 Å². The van der Waals surface area contributed by atoms with Gasteiger partial charge in [0.25, 0.3) is 0 Å². The fourth-order valence-corrected chi connectivity index (χ4v) is 2.73. The van der Waals surface area contributed by atoms with Crippen molar-refractivity contribution < 1.29 is 9.47 Å². The summed E-state index contributed by atoms with van der Waals surface area (Å²) in [6, 6.07) is 23.8. The van der Waals surface area contributed by atoms with Gasteiger partial charge in [0.15, 0.2) is 0 Å². The van der Waals surface area contributed by atoms with Crippen molar-refractivity contribution in [2.24, 2.45) is 0 Å². The Kier molecular flexibility index (Phi) is 4.93. The van der Waals surface area contributed by atoms with Gasteiger partial charge in [0.1, 0.15) is 0 Å². The molecule has 2 nitrogen and oxygen atoms in total. The molecule has 2 unspecified atom stereocenters. The number of rotatable bonds is 4. The van der Waals surface area contributed by atoms with Crippen LogP contribution in [0.4, 0.5) is 0 Å². The average Bonchev–Trinajstić information content (AvgIpc) is 2.54. The summed E-state index contributed by atoms with van der Waals surface area (Å²) >= 11 is 3.22. The van der Waals surface area contributed by atoms with Crippen LogP contribution in [0.3, 0.4) is 0 Å². The topological polar surface area (TPSA) is 18.5 Å². The van der Waals surface area contributed by atoms with Crippen molar-refractivity contribution in [1.82, 2.24) is 0 Å². The normalized spacial score (nSPS) is 10.3. The zero-order valence-electron chi connectivity index (χ0n) is 11.9. The molecule has 0 aliphatic carbocycles. The molecule has 0 spiro atoms. The molecule has 0 aliphatic rings. The number of hydrogen-bond donors (Lipinski definition) is 0. The van der Waals surface area contributed by atoms with Gasteiger partial charge in [-0.3, -0.25) is 0 Å². The molecule has 110 valence electrons. The summed E-state index contributed by atoms with van der Waals surface area (Å²) in [6.07, 6.45) is 0. The van der Waals surface area contributed by atoms with E-state index in [1.165, 1.54) is 8.70 Å². The SMILES string of the molecule is [AsH2]c1ccc(Oc2ccc(Oc3ccc([AsH2])cc3)cc2)cc1. The van der Waals surface area contributed by atoms with E-state index in [0.717, 1.165) is 23.0 Å². The summed E-state index contributed by atoms with van der Waals surface area (Å²) in [5.74, 6) is 3.28. The van der Waals surface area contributed by atoms with Crippen LogP contribution in [0.25, 0.3) is 0 Å². The second-order valence-corrected chi connectivity index (χ2v) is 7.61. The average molecular weight is 414 g/mol. The third kappa shape index (κ3) is 4.19. The molecule has 0 bridgehead atoms. The fraction of sp³-hybridized carbons (Fsp3) is 0. The van der Waals surface area contributed by atoms with Crippen molar-refractivity contribution in [3.63, 3.8) is 0 Å². The van der Waals surface area contributed by atoms with Crippen LogP contribution in [0.15, 0.2) is 72.8 Å². The first-order valence-corrected chi connectivity index (χ1v) is 9.28. The molecular weight excluding hydrogens is 398 g/mol. The first-order valence-electron chi connectivity index (χ1n) is 6.86. The van der Waals surface area contributed by atoms with Crippen molar-refractivity contribution in [2.45, 2.75) is 0 Å². The molecule has 0 saturated carbocycles. The number of benzene rings is 3. The summed E-state index contributed by atoms with van der Waals surface area (Å²) in [7, 11) is 0. The van der Waals surface area contributed by atoms with Gasteiger partial charge in [0.05, 0.1) is 0 Å². The molecule has 0 saturated heterocycles. The Morgan fingerprint density at radius 3 is 0.909 bits per heavy atom. The summed E-state index contributed by atoms with van der Waals surface area (Å²) in [5, 5.41) is 0. The summed E-state index contributed by atoms with van der Waals surface area (Å²) in [6.45, 7) is 0. The second kappa shape index (κ2) is 7.09. The third-order valence-electron chi connectivity index (χ3n) is 3.06. The van der Waals surface area contributed by atoms with Gasteiger partial charge in [0, 0.05) is 0 Å². The molecule has 0 aliphatic heterocycles. The van der Waals surface area contributed by atoms with E-state index in [0.29, 0.717) is 0 Å². The second-order valence-electron chi connectivity index (χ2n) is 4.81. The van der Waals surface area contributed by atoms with E-state index in [2.05, 4.69) is 24.3 Å². The molecule has 3 aromatic rings. The van der Waals surface area contributed by atoms with Crippen molar-refractivity contribution >= 4 is 42.4 Å². The van der Waals surface area contributed by atoms with E-state index in [9.17, 15) is 0 Å². The third-order valence-corrected chi connectivity index (χ3v) is 4.67. The Morgan fingerprint density at radius 1 is 0.409 bits per heavy atom. The monoisotopic (exact) mass is 414 g/mol. The van der Waals surface area contributed by atoms with E-state index in [1.807, 2.05) is 48.5 Å². The van der Waals surface area contributed by atoms with E-state index in [1.54, 1.807) is 33.7 Å². The Hall–Kier alpha value is -1.62. The Labute approximate surface area is 147 Å². The minimum absolute atomic E-state index is 0.799. The molecule has 0 aromatic heterocycles. The van der Waals surface area contributed by atoms with Crippen LogP contribution in [0, 0.1) is 0 Å². The standard InChI is InChI=1S/C18H16As2O2/c19-13-1-5-15(6-2-13)21-17-9-11-18(12-10-17)22-16-7-3-14(20)4-8-16/h1-12H,19-20H2. The van der Waals surface area contributed by atoms with Gasteiger partial charge >= 0.3 is 148 Å². The molecule has 0 amide bonds. The molecule has 0 N–H and O–H groups in total. The van der Waals surface area contributed by atoms with Crippen LogP contribution in [-0.4, -0.2) is 33.7 Å². The Bertz CT molecular complexity index is 669. The zero-order valence-corrected chi connectivity index (χ0v) is 16.7. The molecule has 3 aromatic carbocycles. The molecule has 0 heterocycles. The van der Waals surface area contributed by atoms with Gasteiger partial charge < -0.3 is 0 Å². The Morgan fingerprint density at radius 2 is 0.636 bits per heavy atom. The van der Waals surface area contributed by atoms with Crippen LogP contribution < -0.4 is 18.2 Å². The van der Waals surface area contributed by atoms with Gasteiger partial charge in [-0.1, -0.05) is 0 Å². The van der Waals surface area contributed by atoms with Crippen molar-refractivity contribution in [2.75, 3.05) is 0 Å². The summed E-state index contributed by atoms with van der Waals surface area (Å²) in [5.41, 5.74) is 0. The summed E-state index contributed by atoms with van der Waals surface area (Å²) in [4.78, 5) is 0. The predicted molar refractivity (Wildman–Crippen MR) is 95.8 cm³/mol.